The summed E-state index contributed by atoms with van der Waals surface area (Å²) in [5.74, 6) is -0.506. The molecule has 1 aliphatic rings. The summed E-state index contributed by atoms with van der Waals surface area (Å²) in [5.41, 5.74) is 4.48. The molecule has 3 atom stereocenters. The molecule has 1 saturated heterocycles. The summed E-state index contributed by atoms with van der Waals surface area (Å²) in [5, 5.41) is 9.68. The van der Waals surface area contributed by atoms with Gasteiger partial charge in [-0.2, -0.15) is 0 Å². The Morgan fingerprint density at radius 3 is 2.30 bits per heavy atom. The molecule has 3 aromatic carbocycles. The number of amides is 3. The quantitative estimate of drug-likeness (QED) is 0.135. The largest absolute Gasteiger partial charge is 0.444 e. The smallest absolute Gasteiger partial charge is 0.408 e. The van der Waals surface area contributed by atoms with E-state index in [1.54, 1.807) is 32.7 Å². The number of ketones is 1. The van der Waals surface area contributed by atoms with Crippen molar-refractivity contribution >= 4 is 40.3 Å². The van der Waals surface area contributed by atoms with Crippen LogP contribution in [0.4, 0.5) is 10.5 Å². The zero-order valence-electron chi connectivity index (χ0n) is 29.1. The van der Waals surface area contributed by atoms with Crippen molar-refractivity contribution in [2.45, 2.75) is 85.0 Å². The van der Waals surface area contributed by atoms with E-state index in [4.69, 9.17) is 4.74 Å². The fourth-order valence-corrected chi connectivity index (χ4v) is 6.30. The van der Waals surface area contributed by atoms with Crippen molar-refractivity contribution in [1.29, 1.82) is 0 Å². The number of carbonyl (C=O) groups is 4. The number of aromatic amines is 1. The van der Waals surface area contributed by atoms with Crippen molar-refractivity contribution in [2.75, 3.05) is 18.9 Å². The normalized spacial score (nSPS) is 15.7. The average molecular weight is 682 g/mol. The molecule has 50 heavy (non-hydrogen) atoms. The summed E-state index contributed by atoms with van der Waals surface area (Å²) >= 11 is 0. The van der Waals surface area contributed by atoms with Crippen molar-refractivity contribution in [2.24, 2.45) is 5.92 Å². The van der Waals surface area contributed by atoms with Crippen LogP contribution in [-0.4, -0.2) is 64.9 Å². The molecule has 0 aliphatic carbocycles. The Morgan fingerprint density at radius 2 is 1.66 bits per heavy atom. The van der Waals surface area contributed by atoms with Crippen molar-refractivity contribution < 1.29 is 23.9 Å². The Morgan fingerprint density at radius 1 is 0.960 bits per heavy atom. The first-order chi connectivity index (χ1) is 23.3. The van der Waals surface area contributed by atoms with Gasteiger partial charge >= 0.3 is 6.09 Å². The third kappa shape index (κ3) is 9.18. The average Bonchev–Trinajstić information content (AvgIpc) is 3.72. The third-order valence-electron chi connectivity index (χ3n) is 8.72. The minimum Gasteiger partial charge on any atom is -0.444 e. The molecule has 1 aromatic heterocycles. The molecule has 0 unspecified atom stereocenters. The Hall–Kier alpha value is -4.96. The predicted molar refractivity (Wildman–Crippen MR) is 199 cm³/mol. The summed E-state index contributed by atoms with van der Waals surface area (Å²) < 4.78 is 5.33. The van der Waals surface area contributed by atoms with Crippen molar-refractivity contribution in [3.05, 3.63) is 90.0 Å². The van der Waals surface area contributed by atoms with E-state index in [-0.39, 0.29) is 37.4 Å². The van der Waals surface area contributed by atoms with E-state index in [0.717, 1.165) is 39.7 Å². The molecule has 4 N–H and O–H groups in total. The highest BCUT2D eigenvalue weighted by atomic mass is 16.6. The van der Waals surface area contributed by atoms with E-state index in [0.29, 0.717) is 18.7 Å². The van der Waals surface area contributed by atoms with Crippen molar-refractivity contribution in [3.63, 3.8) is 0 Å². The molecule has 266 valence electrons. The number of rotatable bonds is 11. The lowest BCUT2D eigenvalue weighted by Gasteiger charge is -2.28. The predicted octanol–water partition coefficient (Wildman–Crippen LogP) is 7.02. The van der Waals surface area contributed by atoms with Gasteiger partial charge in [-0.3, -0.25) is 14.4 Å². The van der Waals surface area contributed by atoms with E-state index < -0.39 is 29.8 Å². The van der Waals surface area contributed by atoms with Crippen LogP contribution < -0.4 is 16.0 Å². The highest BCUT2D eigenvalue weighted by Gasteiger charge is 2.37. The van der Waals surface area contributed by atoms with Gasteiger partial charge in [0, 0.05) is 35.2 Å². The Balaban J connectivity index is 0.00000562. The van der Waals surface area contributed by atoms with Crippen LogP contribution in [-0.2, 0) is 25.5 Å². The number of hydrogen-bond acceptors (Lipinski definition) is 6. The van der Waals surface area contributed by atoms with Crippen molar-refractivity contribution in [3.8, 4) is 11.3 Å². The van der Waals surface area contributed by atoms with Crippen molar-refractivity contribution in [1.82, 2.24) is 20.5 Å². The topological polar surface area (TPSA) is 133 Å². The van der Waals surface area contributed by atoms with Gasteiger partial charge in [0.25, 0.3) is 0 Å². The van der Waals surface area contributed by atoms with Gasteiger partial charge in [-0.05, 0) is 93.6 Å². The minimum atomic E-state index is -0.763. The standard InChI is InChI=1S/C39H47N5O5.CH4/c1-24(2)34(43-38(48)49-39(3,4)5)36(46)41-29-17-15-26(16-18-29)31-23-28-21-25(14-19-30(28)42-31)22-33(45)32-13-10-20-44(32)37(47)35(40-6)27-11-8-7-9-12-27;/h7-9,11-12,14-19,21,23-24,32,34-35,40,42H,10,13,20,22H2,1-6H3,(H,41,46)(H,43,48);1H4/t32-,34+,35+;/m0./s1. The molecule has 1 aliphatic heterocycles. The molecule has 1 fully saturated rings. The van der Waals surface area contributed by atoms with Gasteiger partial charge in [0.15, 0.2) is 5.78 Å². The second kappa shape index (κ2) is 16.2. The second-order valence-corrected chi connectivity index (χ2v) is 14.0. The molecule has 5 rings (SSSR count). The zero-order valence-corrected chi connectivity index (χ0v) is 29.1. The van der Waals surface area contributed by atoms with Crippen LogP contribution in [0.1, 0.15) is 72.1 Å². The number of likely N-dealkylation sites (tertiary alicyclic amines) is 1. The van der Waals surface area contributed by atoms with E-state index >= 15 is 0 Å². The van der Waals surface area contributed by atoms with Gasteiger partial charge in [-0.25, -0.2) is 4.79 Å². The van der Waals surface area contributed by atoms with Gasteiger partial charge in [0.2, 0.25) is 11.8 Å². The number of Topliss-reactive ketones (excluding diaryl/α,β-unsaturated/α-hetero) is 1. The lowest BCUT2D eigenvalue weighted by molar-refractivity contribution is -0.139. The molecule has 0 radical (unpaired) electrons. The summed E-state index contributed by atoms with van der Waals surface area (Å²) in [6.07, 6.45) is 1.08. The monoisotopic (exact) mass is 681 g/mol. The Labute approximate surface area is 295 Å². The number of aromatic nitrogens is 1. The van der Waals surface area contributed by atoms with Gasteiger partial charge in [-0.1, -0.05) is 69.8 Å². The summed E-state index contributed by atoms with van der Waals surface area (Å²) in [7, 11) is 1.77. The number of nitrogens with zero attached hydrogens (tertiary/aromatic N) is 1. The lowest BCUT2D eigenvalue weighted by Crippen LogP contribution is -2.48. The zero-order chi connectivity index (χ0) is 35.3. The molecule has 4 aromatic rings. The first-order valence-electron chi connectivity index (χ1n) is 16.9. The molecule has 2 heterocycles. The molecule has 0 spiro atoms. The molecule has 0 bridgehead atoms. The maximum absolute atomic E-state index is 13.6. The van der Waals surface area contributed by atoms with E-state index in [2.05, 4.69) is 20.9 Å². The van der Waals surface area contributed by atoms with Crippen LogP contribution in [0.25, 0.3) is 22.2 Å². The number of anilines is 1. The maximum Gasteiger partial charge on any atom is 0.408 e. The number of carbonyl (C=O) groups excluding carboxylic acids is 4. The Bertz CT molecular complexity index is 1790. The number of H-pyrrole nitrogens is 1. The molecular weight excluding hydrogens is 630 g/mol. The van der Waals surface area contributed by atoms with Crippen LogP contribution in [0, 0.1) is 5.92 Å². The molecular formula is C40H51N5O5. The van der Waals surface area contributed by atoms with Crippen LogP contribution >= 0.6 is 0 Å². The summed E-state index contributed by atoms with van der Waals surface area (Å²) in [4.78, 5) is 57.6. The lowest BCUT2D eigenvalue weighted by atomic mass is 9.99. The van der Waals surface area contributed by atoms with E-state index in [1.807, 2.05) is 92.7 Å². The van der Waals surface area contributed by atoms with Crippen LogP contribution in [0.15, 0.2) is 78.9 Å². The van der Waals surface area contributed by atoms with Gasteiger partial charge in [0.1, 0.15) is 17.7 Å². The number of fused-ring (bicyclic) bond motifs is 1. The van der Waals surface area contributed by atoms with E-state index in [9.17, 15) is 19.2 Å². The number of benzene rings is 3. The van der Waals surface area contributed by atoms with Gasteiger partial charge in [0.05, 0.1) is 6.04 Å². The third-order valence-corrected chi connectivity index (χ3v) is 8.72. The SMILES string of the molecule is C.CN[C@@H](C(=O)N1CCC[C@H]1C(=O)Cc1ccc2[nH]c(-c3ccc(NC(=O)[C@H](NC(=O)OC(C)(C)C)C(C)C)cc3)cc2c1)c1ccccc1. The first kappa shape index (κ1) is 37.9. The fraction of sp³-hybridized carbons (Fsp3) is 0.400. The number of alkyl carbamates (subject to hydrolysis) is 1. The maximum atomic E-state index is 13.6. The van der Waals surface area contributed by atoms with Gasteiger partial charge < -0.3 is 30.6 Å². The van der Waals surface area contributed by atoms with E-state index in [1.165, 1.54) is 0 Å². The van der Waals surface area contributed by atoms with Gasteiger partial charge in [-0.15, -0.1) is 0 Å². The number of nitrogens with one attached hydrogen (secondary N) is 4. The highest BCUT2D eigenvalue weighted by molar-refractivity contribution is 5.97. The molecule has 3 amide bonds. The number of ether oxygens (including phenoxy) is 1. The Kier molecular flexibility index (Phi) is 12.2. The first-order valence-corrected chi connectivity index (χ1v) is 16.9. The second-order valence-electron chi connectivity index (χ2n) is 14.0. The van der Waals surface area contributed by atoms with Crippen LogP contribution in [0.3, 0.4) is 0 Å². The molecule has 0 saturated carbocycles. The van der Waals surface area contributed by atoms with Crippen LogP contribution in [0.5, 0.6) is 0 Å². The molecule has 10 heteroatoms. The minimum absolute atomic E-state index is 0. The number of hydrogen-bond donors (Lipinski definition) is 4. The fourth-order valence-electron chi connectivity index (χ4n) is 6.30. The summed E-state index contributed by atoms with van der Waals surface area (Å²) in [6, 6.07) is 23.4. The highest BCUT2D eigenvalue weighted by Crippen LogP contribution is 2.28. The summed E-state index contributed by atoms with van der Waals surface area (Å²) in [6.45, 7) is 9.61. The van der Waals surface area contributed by atoms with Crippen LogP contribution in [0.2, 0.25) is 0 Å². The molecule has 10 nitrogen and oxygen atoms in total. The number of likely N-dealkylation sites (N-methyl/N-ethyl adjacent to an activating group) is 1.